The first kappa shape index (κ1) is 24.3. The van der Waals surface area contributed by atoms with Crippen LogP contribution in [-0.2, 0) is 11.3 Å². The highest BCUT2D eigenvalue weighted by Crippen LogP contribution is 2.25. The Balaban J connectivity index is 1.93. The Labute approximate surface area is 177 Å². The molecule has 1 aliphatic heterocycles. The van der Waals surface area contributed by atoms with Gasteiger partial charge in [0.25, 0.3) is 0 Å². The predicted octanol–water partition coefficient (Wildman–Crippen LogP) is 3.14. The minimum absolute atomic E-state index is 0.357. The number of hydrogen-bond acceptors (Lipinski definition) is 4. The molecule has 0 aromatic heterocycles. The number of rotatable bonds is 9. The van der Waals surface area contributed by atoms with Gasteiger partial charge in [0, 0.05) is 52.9 Å². The van der Waals surface area contributed by atoms with Crippen molar-refractivity contribution in [3.05, 3.63) is 29.8 Å². The molecule has 1 fully saturated rings. The van der Waals surface area contributed by atoms with Gasteiger partial charge in [-0.2, -0.15) is 13.2 Å². The van der Waals surface area contributed by atoms with E-state index in [0.717, 1.165) is 23.7 Å². The summed E-state index contributed by atoms with van der Waals surface area (Å²) in [5, 5.41) is 3.25. The van der Waals surface area contributed by atoms with Crippen LogP contribution in [0.5, 0.6) is 5.75 Å². The Bertz CT molecular complexity index is 662. The molecule has 1 saturated heterocycles. The van der Waals surface area contributed by atoms with Crippen molar-refractivity contribution >= 4 is 5.96 Å². The summed E-state index contributed by atoms with van der Waals surface area (Å²) in [5.41, 5.74) is 1.01. The zero-order chi connectivity index (χ0) is 22.0. The van der Waals surface area contributed by atoms with Crippen LogP contribution >= 0.6 is 0 Å². The number of aliphatic imine (C=N–C) groups is 1. The predicted molar refractivity (Wildman–Crippen MR) is 112 cm³/mol. The molecular weight excluding hydrogens is 397 g/mol. The Kier molecular flexibility index (Phi) is 9.71. The molecule has 0 bridgehead atoms. The smallest absolute Gasteiger partial charge is 0.403 e. The molecular formula is C21H33F3N4O2. The van der Waals surface area contributed by atoms with Crippen LogP contribution in [0.1, 0.15) is 25.8 Å². The second-order valence-electron chi connectivity index (χ2n) is 7.25. The molecule has 2 rings (SSSR count). The first-order valence-corrected chi connectivity index (χ1v) is 10.4. The summed E-state index contributed by atoms with van der Waals surface area (Å²) >= 11 is 0. The van der Waals surface area contributed by atoms with Crippen molar-refractivity contribution in [1.29, 1.82) is 0 Å². The lowest BCUT2D eigenvalue weighted by Crippen LogP contribution is -2.56. The Hall–Kier alpha value is -2.00. The van der Waals surface area contributed by atoms with Gasteiger partial charge in [-0.3, -0.25) is 4.90 Å². The number of piperazine rings is 1. The van der Waals surface area contributed by atoms with Crippen LogP contribution in [0.25, 0.3) is 0 Å². The average molecular weight is 431 g/mol. The number of hydrogen-bond donors (Lipinski definition) is 1. The lowest BCUT2D eigenvalue weighted by molar-refractivity contribution is -0.181. The van der Waals surface area contributed by atoms with Gasteiger partial charge in [0.05, 0.1) is 13.2 Å². The van der Waals surface area contributed by atoms with Crippen LogP contribution in [0.15, 0.2) is 29.3 Å². The van der Waals surface area contributed by atoms with E-state index < -0.39 is 12.2 Å². The molecule has 1 heterocycles. The molecule has 170 valence electrons. The van der Waals surface area contributed by atoms with Crippen molar-refractivity contribution in [3.8, 4) is 5.75 Å². The van der Waals surface area contributed by atoms with Gasteiger partial charge in [-0.15, -0.1) is 0 Å². The second-order valence-corrected chi connectivity index (χ2v) is 7.25. The third-order valence-electron chi connectivity index (χ3n) is 5.04. The molecule has 1 unspecified atom stereocenters. The van der Waals surface area contributed by atoms with Gasteiger partial charge in [0.1, 0.15) is 11.8 Å². The molecule has 1 aliphatic rings. The van der Waals surface area contributed by atoms with Gasteiger partial charge in [-0.05, 0) is 31.5 Å². The minimum Gasteiger partial charge on any atom is -0.493 e. The topological polar surface area (TPSA) is 49.3 Å². The largest absolute Gasteiger partial charge is 0.493 e. The maximum absolute atomic E-state index is 13.0. The fraction of sp³-hybridized carbons (Fsp3) is 0.667. The lowest BCUT2D eigenvalue weighted by atomic mass is 10.2. The summed E-state index contributed by atoms with van der Waals surface area (Å²) in [4.78, 5) is 8.19. The van der Waals surface area contributed by atoms with E-state index in [1.165, 1.54) is 11.8 Å². The van der Waals surface area contributed by atoms with Gasteiger partial charge >= 0.3 is 6.18 Å². The summed E-state index contributed by atoms with van der Waals surface area (Å²) in [6.07, 6.45) is -3.38. The first-order chi connectivity index (χ1) is 14.3. The number of ether oxygens (including phenoxy) is 2. The van der Waals surface area contributed by atoms with E-state index in [0.29, 0.717) is 52.5 Å². The van der Waals surface area contributed by atoms with Crippen LogP contribution in [0.3, 0.4) is 0 Å². The highest BCUT2D eigenvalue weighted by molar-refractivity contribution is 5.80. The quantitative estimate of drug-likeness (QED) is 0.371. The molecule has 30 heavy (non-hydrogen) atoms. The van der Waals surface area contributed by atoms with E-state index >= 15 is 0 Å². The Morgan fingerprint density at radius 3 is 2.57 bits per heavy atom. The van der Waals surface area contributed by atoms with E-state index in [2.05, 4.69) is 5.32 Å². The summed E-state index contributed by atoms with van der Waals surface area (Å²) < 4.78 is 49.6. The van der Waals surface area contributed by atoms with Crippen molar-refractivity contribution in [2.45, 2.75) is 39.0 Å². The van der Waals surface area contributed by atoms with E-state index in [-0.39, 0.29) is 0 Å². The van der Waals surface area contributed by atoms with Gasteiger partial charge in [-0.25, -0.2) is 4.99 Å². The molecule has 0 amide bonds. The molecule has 9 heteroatoms. The molecule has 1 aromatic rings. The SMILES string of the molecule is CCNC(=NCc1cccc(OCCCOC)c1)N1CCN(C(C)C(F)(F)F)CC1. The second kappa shape index (κ2) is 12.0. The number of nitrogens with one attached hydrogen (secondary N) is 1. The van der Waals surface area contributed by atoms with E-state index in [1.807, 2.05) is 36.1 Å². The van der Waals surface area contributed by atoms with Crippen molar-refractivity contribution in [2.75, 3.05) is 53.0 Å². The molecule has 1 aromatic carbocycles. The van der Waals surface area contributed by atoms with Gasteiger partial charge in [-0.1, -0.05) is 12.1 Å². The number of benzene rings is 1. The maximum Gasteiger partial charge on any atom is 0.403 e. The standard InChI is InChI=1S/C21H33F3N4O2/c1-4-25-20(28-11-9-27(10-12-28)17(2)21(22,23)24)26-16-18-7-5-8-19(15-18)30-14-6-13-29-3/h5,7-8,15,17H,4,6,9-14,16H2,1-3H3,(H,25,26). The van der Waals surface area contributed by atoms with Crippen LogP contribution in [0.4, 0.5) is 13.2 Å². The van der Waals surface area contributed by atoms with Crippen molar-refractivity contribution in [2.24, 2.45) is 4.99 Å². The van der Waals surface area contributed by atoms with E-state index in [1.54, 1.807) is 7.11 Å². The molecule has 6 nitrogen and oxygen atoms in total. The van der Waals surface area contributed by atoms with Gasteiger partial charge < -0.3 is 19.7 Å². The monoisotopic (exact) mass is 430 g/mol. The normalized spacial score (nSPS) is 17.1. The molecule has 0 aliphatic carbocycles. The molecule has 1 atom stereocenters. The maximum atomic E-state index is 13.0. The van der Waals surface area contributed by atoms with Gasteiger partial charge in [0.15, 0.2) is 5.96 Å². The summed E-state index contributed by atoms with van der Waals surface area (Å²) in [7, 11) is 1.66. The molecule has 0 saturated carbocycles. The third kappa shape index (κ3) is 7.68. The minimum atomic E-state index is -4.20. The highest BCUT2D eigenvalue weighted by atomic mass is 19.4. The molecule has 1 N–H and O–H groups in total. The van der Waals surface area contributed by atoms with Crippen LogP contribution < -0.4 is 10.1 Å². The lowest BCUT2D eigenvalue weighted by Gasteiger charge is -2.39. The van der Waals surface area contributed by atoms with Crippen molar-refractivity contribution < 1.29 is 22.6 Å². The fourth-order valence-electron chi connectivity index (χ4n) is 3.25. The Morgan fingerprint density at radius 1 is 1.20 bits per heavy atom. The molecule has 0 radical (unpaired) electrons. The zero-order valence-corrected chi connectivity index (χ0v) is 18.0. The van der Waals surface area contributed by atoms with E-state index in [9.17, 15) is 13.2 Å². The van der Waals surface area contributed by atoms with Crippen molar-refractivity contribution in [3.63, 3.8) is 0 Å². The van der Waals surface area contributed by atoms with Crippen LogP contribution in [-0.4, -0.2) is 81.0 Å². The fourth-order valence-corrected chi connectivity index (χ4v) is 3.25. The van der Waals surface area contributed by atoms with Crippen molar-refractivity contribution in [1.82, 2.24) is 15.1 Å². The summed E-state index contributed by atoms with van der Waals surface area (Å²) in [6.45, 7) is 7.34. The average Bonchev–Trinajstić information content (AvgIpc) is 2.73. The summed E-state index contributed by atoms with van der Waals surface area (Å²) in [5.74, 6) is 1.52. The number of nitrogens with zero attached hydrogens (tertiary/aromatic N) is 3. The van der Waals surface area contributed by atoms with E-state index in [4.69, 9.17) is 14.5 Å². The number of alkyl halides is 3. The molecule has 0 spiro atoms. The third-order valence-corrected chi connectivity index (χ3v) is 5.04. The van der Waals surface area contributed by atoms with Gasteiger partial charge in [0.2, 0.25) is 0 Å². The number of halogens is 3. The Morgan fingerprint density at radius 2 is 1.93 bits per heavy atom. The van der Waals surface area contributed by atoms with Crippen LogP contribution in [0, 0.1) is 0 Å². The summed E-state index contributed by atoms with van der Waals surface area (Å²) in [6, 6.07) is 6.36. The highest BCUT2D eigenvalue weighted by Gasteiger charge is 2.41. The first-order valence-electron chi connectivity index (χ1n) is 10.4. The van der Waals surface area contributed by atoms with Crippen LogP contribution in [0.2, 0.25) is 0 Å². The zero-order valence-electron chi connectivity index (χ0n) is 18.0. The number of methoxy groups -OCH3 is 1. The number of guanidine groups is 1.